The predicted octanol–water partition coefficient (Wildman–Crippen LogP) is 8.23. The molecular weight excluding hydrogens is 542 g/mol. The second kappa shape index (κ2) is 22.3. The molecule has 0 fully saturated rings. The third kappa shape index (κ3) is 10.7. The Hall–Kier alpha value is -2.18. The van der Waals surface area contributed by atoms with E-state index in [1.807, 2.05) is 48.5 Å². The Kier molecular flexibility index (Phi) is 21.2. The van der Waals surface area contributed by atoms with Gasteiger partial charge in [-0.3, -0.25) is 28.8 Å². The number of rotatable bonds is 28. The lowest BCUT2D eigenvalue weighted by molar-refractivity contribution is -0.169. The first-order valence-corrected chi connectivity index (χ1v) is 17.5. The molecule has 0 aromatic heterocycles. The summed E-state index contributed by atoms with van der Waals surface area (Å²) in [4.78, 5) is 87.2. The van der Waals surface area contributed by atoms with Crippen molar-refractivity contribution in [2.24, 2.45) is 11.3 Å². The molecule has 0 bridgehead atoms. The van der Waals surface area contributed by atoms with Crippen LogP contribution < -0.4 is 5.32 Å². The van der Waals surface area contributed by atoms with E-state index in [9.17, 15) is 28.8 Å². The number of carbonyl (C=O) groups excluding carboxylic acids is 6. The molecule has 7 nitrogen and oxygen atoms in total. The van der Waals surface area contributed by atoms with Crippen molar-refractivity contribution in [1.29, 1.82) is 0 Å². The van der Waals surface area contributed by atoms with Gasteiger partial charge in [0.05, 0.1) is 0 Å². The van der Waals surface area contributed by atoms with E-state index in [2.05, 4.69) is 5.32 Å². The Morgan fingerprint density at radius 1 is 0.465 bits per heavy atom. The molecule has 0 spiro atoms. The molecule has 0 aromatic carbocycles. The first-order chi connectivity index (χ1) is 20.6. The van der Waals surface area contributed by atoms with Gasteiger partial charge in [0.15, 0.2) is 28.7 Å². The zero-order valence-corrected chi connectivity index (χ0v) is 28.7. The zero-order valence-electron chi connectivity index (χ0n) is 28.7. The number of hydrogen-bond donors (Lipinski definition) is 1. The molecule has 1 amide bonds. The molecule has 0 heterocycles. The second-order valence-electron chi connectivity index (χ2n) is 12.2. The highest BCUT2D eigenvalue weighted by molar-refractivity contribution is 6.26. The molecule has 0 aliphatic rings. The number of unbranched alkanes of at least 4 members (excludes halogenated alkanes) is 6. The lowest BCUT2D eigenvalue weighted by atomic mass is 9.50. The van der Waals surface area contributed by atoms with Crippen molar-refractivity contribution in [3.05, 3.63) is 0 Å². The Morgan fingerprint density at radius 3 is 1.19 bits per heavy atom. The Morgan fingerprint density at radius 2 is 0.814 bits per heavy atom. The van der Waals surface area contributed by atoms with Crippen molar-refractivity contribution in [1.82, 2.24) is 5.32 Å². The minimum absolute atomic E-state index is 0.0374. The Balaban J connectivity index is 8.30. The van der Waals surface area contributed by atoms with E-state index in [-0.39, 0.29) is 50.7 Å². The van der Waals surface area contributed by atoms with E-state index in [1.54, 1.807) is 0 Å². The predicted molar refractivity (Wildman–Crippen MR) is 174 cm³/mol. The molecular formula is C36H63NO6. The van der Waals surface area contributed by atoms with Crippen LogP contribution in [0.2, 0.25) is 0 Å². The van der Waals surface area contributed by atoms with Crippen molar-refractivity contribution >= 4 is 34.8 Å². The van der Waals surface area contributed by atoms with Gasteiger partial charge < -0.3 is 5.32 Å². The number of ketones is 5. The monoisotopic (exact) mass is 605 g/mol. The first-order valence-electron chi connectivity index (χ1n) is 17.5. The van der Waals surface area contributed by atoms with E-state index in [0.717, 1.165) is 12.8 Å². The van der Waals surface area contributed by atoms with Crippen molar-refractivity contribution in [3.63, 3.8) is 0 Å². The minimum Gasteiger partial charge on any atom is -0.336 e. The van der Waals surface area contributed by atoms with Gasteiger partial charge >= 0.3 is 0 Å². The molecule has 0 radical (unpaired) electrons. The highest BCUT2D eigenvalue weighted by Gasteiger charge is 2.71. The van der Waals surface area contributed by atoms with Crippen LogP contribution >= 0.6 is 0 Å². The van der Waals surface area contributed by atoms with Gasteiger partial charge in [0.1, 0.15) is 11.2 Å². The Bertz CT molecular complexity index is 852. The summed E-state index contributed by atoms with van der Waals surface area (Å²) in [5.41, 5.74) is -4.67. The second-order valence-corrected chi connectivity index (χ2v) is 12.2. The van der Waals surface area contributed by atoms with Crippen LogP contribution in [0.5, 0.6) is 0 Å². The lowest BCUT2D eigenvalue weighted by Gasteiger charge is -2.50. The molecule has 0 aliphatic heterocycles. The fraction of sp³-hybridized carbons (Fsp3) is 0.833. The SMILES string of the molecule is CCCCC(=O)NC(C(=O)CCCC)(C(=O)CCCC)C(C(=O)CCCC)(C(=O)CCCC)C(CCC)C(=O)CCCC. The summed E-state index contributed by atoms with van der Waals surface area (Å²) >= 11 is 0. The van der Waals surface area contributed by atoms with Crippen molar-refractivity contribution < 1.29 is 28.8 Å². The van der Waals surface area contributed by atoms with E-state index in [0.29, 0.717) is 70.6 Å². The molecule has 1 N–H and O–H groups in total. The van der Waals surface area contributed by atoms with Gasteiger partial charge in [0.25, 0.3) is 0 Å². The average molecular weight is 606 g/mol. The number of amides is 1. The largest absolute Gasteiger partial charge is 0.336 e. The minimum atomic E-state index is -2.40. The Labute approximate surface area is 262 Å². The van der Waals surface area contributed by atoms with Crippen molar-refractivity contribution in [2.45, 2.75) is 182 Å². The molecule has 1 atom stereocenters. The van der Waals surface area contributed by atoms with E-state index < -0.39 is 45.9 Å². The van der Waals surface area contributed by atoms with Gasteiger partial charge in [0.2, 0.25) is 5.91 Å². The molecule has 7 heteroatoms. The highest BCUT2D eigenvalue weighted by Crippen LogP contribution is 2.49. The summed E-state index contributed by atoms with van der Waals surface area (Å²) in [5.74, 6) is -4.23. The molecule has 248 valence electrons. The first kappa shape index (κ1) is 40.8. The summed E-state index contributed by atoms with van der Waals surface area (Å²) in [6.07, 6.45) is 7.69. The van der Waals surface area contributed by atoms with Crippen LogP contribution in [0.4, 0.5) is 0 Å². The number of hydrogen-bond acceptors (Lipinski definition) is 6. The standard InChI is InChI=1S/C36H63NO6/c1-8-15-22-29(38)28(21-14-7)35(30(39)23-16-9-2,31(40)24-17-10-3)36(32(41)25-18-11-4,33(42)26-19-12-5)37-34(43)27-20-13-6/h28H,8-27H2,1-7H3,(H,37,43). The molecule has 0 aliphatic carbocycles. The number of nitrogens with one attached hydrogen (secondary N) is 1. The fourth-order valence-electron chi connectivity index (χ4n) is 6.22. The molecule has 43 heavy (non-hydrogen) atoms. The summed E-state index contributed by atoms with van der Waals surface area (Å²) in [5, 5.41) is 2.86. The van der Waals surface area contributed by atoms with Gasteiger partial charge in [-0.05, 0) is 44.9 Å². The molecule has 1 unspecified atom stereocenters. The zero-order chi connectivity index (χ0) is 32.9. The quantitative estimate of drug-likeness (QED) is 0.0899. The van der Waals surface area contributed by atoms with Crippen LogP contribution in [-0.2, 0) is 28.8 Å². The van der Waals surface area contributed by atoms with E-state index in [1.165, 1.54) is 0 Å². The normalized spacial score (nSPS) is 12.5. The van der Waals surface area contributed by atoms with Crippen LogP contribution in [0.1, 0.15) is 177 Å². The van der Waals surface area contributed by atoms with Gasteiger partial charge in [-0.25, -0.2) is 0 Å². The maximum atomic E-state index is 14.9. The van der Waals surface area contributed by atoms with Crippen LogP contribution in [0.3, 0.4) is 0 Å². The van der Waals surface area contributed by atoms with Crippen molar-refractivity contribution in [3.8, 4) is 0 Å². The number of Topliss-reactive ketones (excluding diaryl/α,β-unsaturated/α-hetero) is 5. The van der Waals surface area contributed by atoms with Gasteiger partial charge in [-0.15, -0.1) is 0 Å². The average Bonchev–Trinajstić information content (AvgIpc) is 3.00. The van der Waals surface area contributed by atoms with Crippen LogP contribution in [0, 0.1) is 11.3 Å². The highest BCUT2D eigenvalue weighted by atomic mass is 16.2. The fourth-order valence-corrected chi connectivity index (χ4v) is 6.22. The summed E-state index contributed by atoms with van der Waals surface area (Å²) in [6, 6.07) is 0. The maximum absolute atomic E-state index is 14.9. The van der Waals surface area contributed by atoms with Crippen LogP contribution in [0.25, 0.3) is 0 Å². The van der Waals surface area contributed by atoms with E-state index >= 15 is 0 Å². The molecule has 0 aromatic rings. The molecule has 0 saturated carbocycles. The summed E-state index contributed by atoms with van der Waals surface area (Å²) in [7, 11) is 0. The molecule has 0 saturated heterocycles. The van der Waals surface area contributed by atoms with Gasteiger partial charge in [-0.1, -0.05) is 93.4 Å². The topological polar surface area (TPSA) is 114 Å². The van der Waals surface area contributed by atoms with Gasteiger partial charge in [-0.2, -0.15) is 0 Å². The summed E-state index contributed by atoms with van der Waals surface area (Å²) < 4.78 is 0. The van der Waals surface area contributed by atoms with Crippen molar-refractivity contribution in [2.75, 3.05) is 0 Å². The van der Waals surface area contributed by atoms with Crippen LogP contribution in [-0.4, -0.2) is 40.4 Å². The molecule has 0 rings (SSSR count). The smallest absolute Gasteiger partial charge is 0.221 e. The number of carbonyl (C=O) groups is 6. The lowest BCUT2D eigenvalue weighted by Crippen LogP contribution is -2.76. The van der Waals surface area contributed by atoms with E-state index in [4.69, 9.17) is 0 Å². The third-order valence-corrected chi connectivity index (χ3v) is 8.69. The van der Waals surface area contributed by atoms with Gasteiger partial charge in [0, 0.05) is 44.4 Å². The maximum Gasteiger partial charge on any atom is 0.221 e. The summed E-state index contributed by atoms with van der Waals surface area (Å²) in [6.45, 7) is 13.5. The third-order valence-electron chi connectivity index (χ3n) is 8.69. The van der Waals surface area contributed by atoms with Crippen LogP contribution in [0.15, 0.2) is 0 Å².